The molecule has 3 fully saturated rings. The molecule has 8 heteroatoms. The standard InChI is InChI=1S/C29H39N3O4S/c1-37(34,35)32(18-21-5-3-2-4-6-21)26-9-13-28(14-10-26)36-27-11-7-22(8-12-27)17-31-19-24-15-23(29(30)33)16-25(24)20-31/h7-14,21,23-25H,2-6,15-20H2,1H3,(H2,30,33). The van der Waals surface area contributed by atoms with Gasteiger partial charge in [0.1, 0.15) is 11.5 Å². The van der Waals surface area contributed by atoms with Crippen LogP contribution in [-0.2, 0) is 21.4 Å². The van der Waals surface area contributed by atoms with Crippen LogP contribution in [0.15, 0.2) is 48.5 Å². The number of nitrogens with two attached hydrogens (primary N) is 1. The van der Waals surface area contributed by atoms with Gasteiger partial charge in [0.15, 0.2) is 0 Å². The number of hydrogen-bond acceptors (Lipinski definition) is 5. The average molecular weight is 526 g/mol. The Hall–Kier alpha value is -2.58. The molecule has 2 aromatic rings. The highest BCUT2D eigenvalue weighted by atomic mass is 32.2. The van der Waals surface area contributed by atoms with Gasteiger partial charge in [0, 0.05) is 32.1 Å². The minimum absolute atomic E-state index is 0.0639. The Balaban J connectivity index is 1.15. The van der Waals surface area contributed by atoms with Crippen molar-refractivity contribution >= 4 is 21.6 Å². The van der Waals surface area contributed by atoms with Crippen LogP contribution >= 0.6 is 0 Å². The highest BCUT2D eigenvalue weighted by molar-refractivity contribution is 7.92. The number of anilines is 1. The van der Waals surface area contributed by atoms with Gasteiger partial charge in [-0.05, 0) is 85.4 Å². The lowest BCUT2D eigenvalue weighted by Crippen LogP contribution is -2.35. The van der Waals surface area contributed by atoms with Gasteiger partial charge < -0.3 is 10.5 Å². The second kappa shape index (κ2) is 11.0. The topological polar surface area (TPSA) is 92.9 Å². The quantitative estimate of drug-likeness (QED) is 0.509. The Kier molecular flexibility index (Phi) is 7.77. The van der Waals surface area contributed by atoms with Crippen molar-refractivity contribution in [3.8, 4) is 11.5 Å². The van der Waals surface area contributed by atoms with Gasteiger partial charge in [-0.25, -0.2) is 8.42 Å². The minimum atomic E-state index is -3.35. The van der Waals surface area contributed by atoms with E-state index in [0.29, 0.717) is 35.7 Å². The number of likely N-dealkylation sites (tertiary alicyclic amines) is 1. The van der Waals surface area contributed by atoms with Crippen LogP contribution in [-0.4, -0.2) is 45.1 Å². The molecular weight excluding hydrogens is 486 g/mol. The first-order valence-electron chi connectivity index (χ1n) is 13.6. The zero-order valence-electron chi connectivity index (χ0n) is 21.7. The zero-order valence-corrected chi connectivity index (χ0v) is 22.5. The van der Waals surface area contributed by atoms with Gasteiger partial charge in [0.25, 0.3) is 0 Å². The van der Waals surface area contributed by atoms with Gasteiger partial charge in [0.05, 0.1) is 11.9 Å². The molecule has 2 atom stereocenters. The lowest BCUT2D eigenvalue weighted by atomic mass is 9.89. The number of ether oxygens (including phenoxy) is 1. The fraction of sp³-hybridized carbons (Fsp3) is 0.552. The predicted molar refractivity (Wildman–Crippen MR) is 146 cm³/mol. The van der Waals surface area contributed by atoms with E-state index in [1.165, 1.54) is 31.1 Å². The monoisotopic (exact) mass is 525 g/mol. The largest absolute Gasteiger partial charge is 0.457 e. The summed E-state index contributed by atoms with van der Waals surface area (Å²) < 4.78 is 32.6. The van der Waals surface area contributed by atoms with Crippen LogP contribution in [0.3, 0.4) is 0 Å². The Morgan fingerprint density at radius 2 is 1.51 bits per heavy atom. The third-order valence-corrected chi connectivity index (χ3v) is 9.63. The van der Waals surface area contributed by atoms with E-state index in [9.17, 15) is 13.2 Å². The lowest BCUT2D eigenvalue weighted by molar-refractivity contribution is -0.121. The molecular formula is C29H39N3O4S. The summed E-state index contributed by atoms with van der Waals surface area (Å²) in [5, 5.41) is 0. The summed E-state index contributed by atoms with van der Waals surface area (Å²) in [6, 6.07) is 15.5. The van der Waals surface area contributed by atoms with Crippen LogP contribution in [0, 0.1) is 23.7 Å². The molecule has 0 aromatic heterocycles. The van der Waals surface area contributed by atoms with Gasteiger partial charge in [-0.3, -0.25) is 14.0 Å². The van der Waals surface area contributed by atoms with Crippen molar-refractivity contribution in [3.05, 3.63) is 54.1 Å². The molecule has 2 N–H and O–H groups in total. The molecule has 3 aliphatic rings. The summed E-state index contributed by atoms with van der Waals surface area (Å²) in [6.45, 7) is 3.50. The molecule has 200 valence electrons. The maximum Gasteiger partial charge on any atom is 0.232 e. The molecule has 5 rings (SSSR count). The van der Waals surface area contributed by atoms with E-state index in [1.54, 1.807) is 4.31 Å². The average Bonchev–Trinajstić information content (AvgIpc) is 3.44. The number of rotatable bonds is 9. The molecule has 7 nitrogen and oxygen atoms in total. The summed E-state index contributed by atoms with van der Waals surface area (Å²) >= 11 is 0. The number of hydrogen-bond donors (Lipinski definition) is 1. The molecule has 2 saturated carbocycles. The number of sulfonamides is 1. The summed E-state index contributed by atoms with van der Waals surface area (Å²) in [5.74, 6) is 2.95. The van der Waals surface area contributed by atoms with Crippen LogP contribution in [0.25, 0.3) is 0 Å². The molecule has 1 saturated heterocycles. The Bertz CT molecular complexity index is 1160. The fourth-order valence-corrected chi connectivity index (χ4v) is 7.52. The first kappa shape index (κ1) is 26.0. The Labute approximate surface area is 221 Å². The van der Waals surface area contributed by atoms with Gasteiger partial charge >= 0.3 is 0 Å². The highest BCUT2D eigenvalue weighted by Crippen LogP contribution is 2.41. The van der Waals surface area contributed by atoms with E-state index in [2.05, 4.69) is 17.0 Å². The molecule has 1 amide bonds. The third kappa shape index (κ3) is 6.47. The number of carbonyl (C=O) groups excluding carboxylic acids is 1. The summed E-state index contributed by atoms with van der Waals surface area (Å²) in [6.07, 6.45) is 8.97. The van der Waals surface area contributed by atoms with Crippen LogP contribution in [0.1, 0.15) is 50.5 Å². The number of fused-ring (bicyclic) bond motifs is 1. The van der Waals surface area contributed by atoms with Crippen LogP contribution in [0.5, 0.6) is 11.5 Å². The van der Waals surface area contributed by atoms with Crippen molar-refractivity contribution in [2.45, 2.75) is 51.5 Å². The number of primary amides is 1. The van der Waals surface area contributed by atoms with E-state index in [-0.39, 0.29) is 11.8 Å². The summed E-state index contributed by atoms with van der Waals surface area (Å²) in [5.41, 5.74) is 7.43. The van der Waals surface area contributed by atoms with E-state index in [4.69, 9.17) is 10.5 Å². The fourth-order valence-electron chi connectivity index (χ4n) is 6.53. The van der Waals surface area contributed by atoms with Crippen LogP contribution in [0.2, 0.25) is 0 Å². The normalized spacial score (nSPS) is 24.6. The maximum atomic E-state index is 12.5. The molecule has 0 radical (unpaired) electrons. The van der Waals surface area contributed by atoms with Crippen LogP contribution in [0.4, 0.5) is 5.69 Å². The second-order valence-corrected chi connectivity index (χ2v) is 13.2. The van der Waals surface area contributed by atoms with Crippen LogP contribution < -0.4 is 14.8 Å². The van der Waals surface area contributed by atoms with Crippen molar-refractivity contribution in [2.75, 3.05) is 30.2 Å². The molecule has 0 spiro atoms. The second-order valence-electron chi connectivity index (χ2n) is 11.3. The summed E-state index contributed by atoms with van der Waals surface area (Å²) in [4.78, 5) is 14.0. The van der Waals surface area contributed by atoms with Crippen molar-refractivity contribution in [1.29, 1.82) is 0 Å². The smallest absolute Gasteiger partial charge is 0.232 e. The predicted octanol–water partition coefficient (Wildman–Crippen LogP) is 4.77. The summed E-state index contributed by atoms with van der Waals surface area (Å²) in [7, 11) is -3.35. The van der Waals surface area contributed by atoms with Gasteiger partial charge in [-0.2, -0.15) is 0 Å². The SMILES string of the molecule is CS(=O)(=O)N(CC1CCCCC1)c1ccc(Oc2ccc(CN3CC4CC(C(N)=O)CC4C3)cc2)cc1. The van der Waals surface area contributed by atoms with Crippen molar-refractivity contribution in [2.24, 2.45) is 29.4 Å². The van der Waals surface area contributed by atoms with E-state index in [0.717, 1.165) is 51.1 Å². The van der Waals surface area contributed by atoms with Crippen molar-refractivity contribution < 1.29 is 17.9 Å². The third-order valence-electron chi connectivity index (χ3n) is 8.47. The minimum Gasteiger partial charge on any atom is -0.457 e. The Morgan fingerprint density at radius 3 is 2.05 bits per heavy atom. The number of amides is 1. The Morgan fingerprint density at radius 1 is 0.946 bits per heavy atom. The molecule has 2 unspecified atom stereocenters. The van der Waals surface area contributed by atoms with Crippen molar-refractivity contribution in [1.82, 2.24) is 4.90 Å². The number of benzene rings is 2. The first-order chi connectivity index (χ1) is 17.7. The molecule has 0 bridgehead atoms. The maximum absolute atomic E-state index is 12.5. The van der Waals surface area contributed by atoms with Gasteiger partial charge in [-0.15, -0.1) is 0 Å². The molecule has 1 heterocycles. The molecule has 2 aromatic carbocycles. The zero-order chi connectivity index (χ0) is 26.0. The van der Waals surface area contributed by atoms with Crippen molar-refractivity contribution in [3.63, 3.8) is 0 Å². The van der Waals surface area contributed by atoms with E-state index in [1.807, 2.05) is 36.4 Å². The van der Waals surface area contributed by atoms with E-state index < -0.39 is 10.0 Å². The highest BCUT2D eigenvalue weighted by Gasteiger charge is 2.42. The first-order valence-corrected chi connectivity index (χ1v) is 15.5. The van der Waals surface area contributed by atoms with Gasteiger partial charge in [0.2, 0.25) is 15.9 Å². The van der Waals surface area contributed by atoms with Gasteiger partial charge in [-0.1, -0.05) is 31.4 Å². The number of carbonyl (C=O) groups is 1. The molecule has 2 aliphatic carbocycles. The van der Waals surface area contributed by atoms with E-state index >= 15 is 0 Å². The number of nitrogens with zero attached hydrogens (tertiary/aromatic N) is 2. The molecule has 37 heavy (non-hydrogen) atoms. The molecule has 1 aliphatic heterocycles. The lowest BCUT2D eigenvalue weighted by Gasteiger charge is -2.29.